The van der Waals surface area contributed by atoms with Crippen LogP contribution in [0.1, 0.15) is 5.56 Å². The van der Waals surface area contributed by atoms with E-state index in [2.05, 4.69) is 41.8 Å². The van der Waals surface area contributed by atoms with Crippen LogP contribution in [0, 0.1) is 0 Å². The summed E-state index contributed by atoms with van der Waals surface area (Å²) in [6.45, 7) is 3.72. The molecule has 0 bridgehead atoms. The van der Waals surface area contributed by atoms with Crippen LogP contribution < -0.4 is 9.80 Å². The molecule has 2 heterocycles. The summed E-state index contributed by atoms with van der Waals surface area (Å²) in [4.78, 5) is 13.2. The zero-order valence-electron chi connectivity index (χ0n) is 11.5. The maximum Gasteiger partial charge on any atom is 0.225 e. The molecule has 1 aromatic heterocycles. The molecule has 0 amide bonds. The number of aromatic nitrogens is 2. The highest BCUT2D eigenvalue weighted by Gasteiger charge is 2.21. The van der Waals surface area contributed by atoms with Gasteiger partial charge in [0.1, 0.15) is 0 Å². The average molecular weight is 368 g/mol. The predicted octanol–water partition coefficient (Wildman–Crippen LogP) is 3.35. The molecule has 0 spiro atoms. The topological polar surface area (TPSA) is 32.3 Å². The first-order valence-corrected chi connectivity index (χ1v) is 8.40. The van der Waals surface area contributed by atoms with E-state index in [9.17, 15) is 0 Å². The number of hydrogen-bond acceptors (Lipinski definition) is 4. The quantitative estimate of drug-likeness (QED) is 0.779. The van der Waals surface area contributed by atoms with Crippen molar-refractivity contribution in [2.24, 2.45) is 0 Å². The lowest BCUT2D eigenvalue weighted by Gasteiger charge is -2.37. The summed E-state index contributed by atoms with van der Waals surface area (Å²) in [5.74, 6) is 0.809. The van der Waals surface area contributed by atoms with E-state index in [4.69, 9.17) is 11.6 Å². The van der Waals surface area contributed by atoms with Crippen molar-refractivity contribution in [1.29, 1.82) is 0 Å². The lowest BCUT2D eigenvalue weighted by atomic mass is 10.1. The fourth-order valence-corrected chi connectivity index (χ4v) is 3.56. The smallest absolute Gasteiger partial charge is 0.225 e. The number of alkyl halides is 1. The fourth-order valence-electron chi connectivity index (χ4n) is 2.58. The van der Waals surface area contributed by atoms with Crippen LogP contribution in [0.25, 0.3) is 0 Å². The van der Waals surface area contributed by atoms with Gasteiger partial charge in [0.2, 0.25) is 5.95 Å². The fraction of sp³-hybridized carbons (Fsp3) is 0.333. The van der Waals surface area contributed by atoms with Gasteiger partial charge < -0.3 is 9.80 Å². The zero-order chi connectivity index (χ0) is 14.7. The molecule has 3 rings (SSSR count). The van der Waals surface area contributed by atoms with Crippen molar-refractivity contribution in [3.05, 3.63) is 47.2 Å². The molecule has 0 saturated carbocycles. The molecule has 1 aliphatic rings. The highest BCUT2D eigenvalue weighted by atomic mass is 79.9. The first-order chi connectivity index (χ1) is 10.3. The van der Waals surface area contributed by atoms with Crippen molar-refractivity contribution in [3.63, 3.8) is 0 Å². The van der Waals surface area contributed by atoms with Gasteiger partial charge in [0.15, 0.2) is 0 Å². The van der Waals surface area contributed by atoms with E-state index < -0.39 is 0 Å². The Morgan fingerprint density at radius 3 is 2.33 bits per heavy atom. The third kappa shape index (κ3) is 3.14. The van der Waals surface area contributed by atoms with Gasteiger partial charge in [-0.2, -0.15) is 0 Å². The monoisotopic (exact) mass is 366 g/mol. The second kappa shape index (κ2) is 6.62. The van der Waals surface area contributed by atoms with Crippen LogP contribution in [0.4, 0.5) is 11.6 Å². The van der Waals surface area contributed by atoms with Crippen LogP contribution in [0.5, 0.6) is 0 Å². The van der Waals surface area contributed by atoms with Crippen LogP contribution in [0.15, 0.2) is 36.7 Å². The summed E-state index contributed by atoms with van der Waals surface area (Å²) < 4.78 is 0. The average Bonchev–Trinajstić information content (AvgIpc) is 2.55. The Bertz CT molecular complexity index is 600. The minimum atomic E-state index is 0.768. The van der Waals surface area contributed by atoms with E-state index >= 15 is 0 Å². The van der Waals surface area contributed by atoms with Crippen molar-refractivity contribution in [1.82, 2.24) is 9.97 Å². The zero-order valence-corrected chi connectivity index (χ0v) is 13.9. The molecule has 1 aromatic carbocycles. The molecule has 21 heavy (non-hydrogen) atoms. The van der Waals surface area contributed by atoms with Crippen LogP contribution in [0.2, 0.25) is 5.02 Å². The van der Waals surface area contributed by atoms with Gasteiger partial charge in [0, 0.05) is 60.2 Å². The molecule has 0 unspecified atom stereocenters. The summed E-state index contributed by atoms with van der Waals surface area (Å²) in [7, 11) is 0. The minimum Gasteiger partial charge on any atom is -0.368 e. The van der Waals surface area contributed by atoms with Crippen molar-refractivity contribution >= 4 is 39.2 Å². The Labute approximate surface area is 137 Å². The maximum absolute atomic E-state index is 6.29. The number of nitrogens with zero attached hydrogens (tertiary/aromatic N) is 4. The van der Waals surface area contributed by atoms with E-state index in [0.29, 0.717) is 0 Å². The minimum absolute atomic E-state index is 0.768. The SMILES string of the molecule is Clc1cccc(N2CCN(c3ncccn3)CC2)c1CBr. The number of piperazine rings is 1. The molecule has 1 saturated heterocycles. The maximum atomic E-state index is 6.29. The molecule has 4 nitrogen and oxygen atoms in total. The summed E-state index contributed by atoms with van der Waals surface area (Å²) in [6, 6.07) is 7.93. The van der Waals surface area contributed by atoms with Crippen molar-refractivity contribution in [2.75, 3.05) is 36.0 Å². The highest BCUT2D eigenvalue weighted by Crippen LogP contribution is 2.30. The number of rotatable bonds is 3. The molecule has 6 heteroatoms. The van der Waals surface area contributed by atoms with E-state index in [1.165, 1.54) is 5.69 Å². The lowest BCUT2D eigenvalue weighted by Crippen LogP contribution is -2.47. The second-order valence-electron chi connectivity index (χ2n) is 4.89. The van der Waals surface area contributed by atoms with Crippen molar-refractivity contribution in [3.8, 4) is 0 Å². The van der Waals surface area contributed by atoms with E-state index in [1.807, 2.05) is 18.2 Å². The molecular formula is C15H16BrClN4. The van der Waals surface area contributed by atoms with Crippen molar-refractivity contribution in [2.45, 2.75) is 5.33 Å². The Morgan fingerprint density at radius 1 is 1.00 bits per heavy atom. The van der Waals surface area contributed by atoms with Gasteiger partial charge in [-0.1, -0.05) is 33.6 Å². The third-order valence-electron chi connectivity index (χ3n) is 3.68. The molecule has 110 valence electrons. The molecule has 0 aliphatic carbocycles. The Balaban J connectivity index is 1.73. The number of halogens is 2. The summed E-state index contributed by atoms with van der Waals surface area (Å²) in [5, 5.41) is 1.59. The first kappa shape index (κ1) is 14.6. The molecular weight excluding hydrogens is 352 g/mol. The third-order valence-corrected chi connectivity index (χ3v) is 4.60. The number of hydrogen-bond donors (Lipinski definition) is 0. The normalized spacial score (nSPS) is 15.3. The lowest BCUT2D eigenvalue weighted by molar-refractivity contribution is 0.639. The van der Waals surface area contributed by atoms with Gasteiger partial charge in [0.25, 0.3) is 0 Å². The van der Waals surface area contributed by atoms with Gasteiger partial charge >= 0.3 is 0 Å². The van der Waals surface area contributed by atoms with E-state index in [1.54, 1.807) is 12.4 Å². The van der Waals surface area contributed by atoms with Crippen molar-refractivity contribution < 1.29 is 0 Å². The predicted molar refractivity (Wildman–Crippen MR) is 90.5 cm³/mol. The molecule has 2 aromatic rings. The van der Waals surface area contributed by atoms with Crippen LogP contribution in [-0.2, 0) is 5.33 Å². The Morgan fingerprint density at radius 2 is 1.67 bits per heavy atom. The largest absolute Gasteiger partial charge is 0.368 e. The second-order valence-corrected chi connectivity index (χ2v) is 5.86. The molecule has 1 fully saturated rings. The van der Waals surface area contributed by atoms with E-state index in [-0.39, 0.29) is 0 Å². The standard InChI is InChI=1S/C15H16BrClN4/c16-11-12-13(17)3-1-4-14(12)20-7-9-21(10-8-20)15-18-5-2-6-19-15/h1-6H,7-11H2. The van der Waals surface area contributed by atoms with Gasteiger partial charge in [0.05, 0.1) is 0 Å². The van der Waals surface area contributed by atoms with Gasteiger partial charge in [-0.05, 0) is 18.2 Å². The first-order valence-electron chi connectivity index (χ1n) is 6.90. The Hall–Kier alpha value is -1.33. The molecule has 0 atom stereocenters. The van der Waals surface area contributed by atoms with Gasteiger partial charge in [-0.15, -0.1) is 0 Å². The summed E-state index contributed by atoms with van der Waals surface area (Å²) in [6.07, 6.45) is 3.57. The van der Waals surface area contributed by atoms with Crippen LogP contribution in [0.3, 0.4) is 0 Å². The number of benzene rings is 1. The molecule has 0 radical (unpaired) electrons. The Kier molecular flexibility index (Phi) is 4.60. The molecule has 0 N–H and O–H groups in total. The van der Waals surface area contributed by atoms with Gasteiger partial charge in [-0.25, -0.2) is 9.97 Å². The van der Waals surface area contributed by atoms with Crippen LogP contribution >= 0.6 is 27.5 Å². The summed E-state index contributed by atoms with van der Waals surface area (Å²) >= 11 is 9.82. The number of anilines is 2. The highest BCUT2D eigenvalue weighted by molar-refractivity contribution is 9.08. The van der Waals surface area contributed by atoms with Crippen LogP contribution in [-0.4, -0.2) is 36.1 Å². The van der Waals surface area contributed by atoms with E-state index in [0.717, 1.165) is 48.0 Å². The summed E-state index contributed by atoms with van der Waals surface area (Å²) in [5.41, 5.74) is 2.37. The van der Waals surface area contributed by atoms with Gasteiger partial charge in [-0.3, -0.25) is 0 Å². The molecule has 1 aliphatic heterocycles.